The molecule has 1 unspecified atom stereocenters. The summed E-state index contributed by atoms with van der Waals surface area (Å²) in [6, 6.07) is 7.82. The first kappa shape index (κ1) is 13.2. The summed E-state index contributed by atoms with van der Waals surface area (Å²) in [5, 5.41) is 2.95. The Morgan fingerprint density at radius 3 is 2.75 bits per heavy atom. The van der Waals surface area contributed by atoms with Crippen LogP contribution in [0.5, 0.6) is 0 Å². The lowest BCUT2D eigenvalue weighted by Gasteiger charge is -2.10. The zero-order valence-corrected chi connectivity index (χ0v) is 11.4. The summed E-state index contributed by atoms with van der Waals surface area (Å²) >= 11 is 3.44. The fourth-order valence-electron chi connectivity index (χ4n) is 1.31. The molecule has 0 bridgehead atoms. The molecule has 0 fully saturated rings. The molecule has 0 radical (unpaired) electrons. The van der Waals surface area contributed by atoms with E-state index in [1.165, 1.54) is 0 Å². The van der Waals surface area contributed by atoms with E-state index in [0.717, 1.165) is 23.0 Å². The Hall–Kier alpha value is -0.830. The van der Waals surface area contributed by atoms with Gasteiger partial charge in [0.2, 0.25) is 5.91 Å². The van der Waals surface area contributed by atoms with Crippen molar-refractivity contribution in [2.75, 3.05) is 6.54 Å². The zero-order chi connectivity index (χ0) is 12.0. The standard InChI is InChI=1S/C13H18BrNO/c1-3-10(2)9-15-13(16)8-11-6-4-5-7-12(11)14/h4-7,10H,3,8-9H2,1-2H3,(H,15,16). The van der Waals surface area contributed by atoms with Crippen molar-refractivity contribution in [1.82, 2.24) is 5.32 Å². The fourth-order valence-corrected chi connectivity index (χ4v) is 1.73. The summed E-state index contributed by atoms with van der Waals surface area (Å²) in [5.74, 6) is 0.635. The number of nitrogens with one attached hydrogen (secondary N) is 1. The maximum absolute atomic E-state index is 11.7. The first-order valence-corrected chi connectivity index (χ1v) is 6.43. The summed E-state index contributed by atoms with van der Waals surface area (Å²) in [7, 11) is 0. The number of rotatable bonds is 5. The van der Waals surface area contributed by atoms with Crippen molar-refractivity contribution in [3.63, 3.8) is 0 Å². The van der Waals surface area contributed by atoms with E-state index in [9.17, 15) is 4.79 Å². The highest BCUT2D eigenvalue weighted by molar-refractivity contribution is 9.10. The van der Waals surface area contributed by atoms with Gasteiger partial charge in [0.15, 0.2) is 0 Å². The van der Waals surface area contributed by atoms with Gasteiger partial charge in [0.25, 0.3) is 0 Å². The minimum absolute atomic E-state index is 0.0900. The van der Waals surface area contributed by atoms with E-state index in [2.05, 4.69) is 35.1 Å². The minimum atomic E-state index is 0.0900. The third kappa shape index (κ3) is 4.35. The van der Waals surface area contributed by atoms with Crippen molar-refractivity contribution in [1.29, 1.82) is 0 Å². The van der Waals surface area contributed by atoms with Crippen LogP contribution in [0.15, 0.2) is 28.7 Å². The van der Waals surface area contributed by atoms with Gasteiger partial charge in [0.05, 0.1) is 6.42 Å². The second-order valence-corrected chi connectivity index (χ2v) is 4.94. The van der Waals surface area contributed by atoms with Crippen molar-refractivity contribution in [2.45, 2.75) is 26.7 Å². The van der Waals surface area contributed by atoms with Gasteiger partial charge in [-0.3, -0.25) is 4.79 Å². The molecule has 0 saturated carbocycles. The summed E-state index contributed by atoms with van der Waals surface area (Å²) in [6.45, 7) is 5.03. The van der Waals surface area contributed by atoms with E-state index in [-0.39, 0.29) is 5.91 Å². The Morgan fingerprint density at radius 1 is 1.44 bits per heavy atom. The maximum atomic E-state index is 11.7. The van der Waals surface area contributed by atoms with Gasteiger partial charge in [-0.15, -0.1) is 0 Å². The topological polar surface area (TPSA) is 29.1 Å². The molecule has 1 rings (SSSR count). The van der Waals surface area contributed by atoms with Crippen molar-refractivity contribution >= 4 is 21.8 Å². The molecule has 0 aliphatic heterocycles. The van der Waals surface area contributed by atoms with Crippen LogP contribution >= 0.6 is 15.9 Å². The highest BCUT2D eigenvalue weighted by Gasteiger charge is 2.07. The molecule has 1 aromatic carbocycles. The molecular formula is C13H18BrNO. The van der Waals surface area contributed by atoms with Crippen LogP contribution in [-0.2, 0) is 11.2 Å². The normalized spacial score (nSPS) is 12.2. The number of carbonyl (C=O) groups is 1. The van der Waals surface area contributed by atoms with Crippen LogP contribution in [0.25, 0.3) is 0 Å². The molecule has 16 heavy (non-hydrogen) atoms. The Kier molecular flexibility index (Phi) is 5.53. The molecule has 0 spiro atoms. The molecule has 1 N–H and O–H groups in total. The van der Waals surface area contributed by atoms with Crippen molar-refractivity contribution in [3.05, 3.63) is 34.3 Å². The monoisotopic (exact) mass is 283 g/mol. The summed E-state index contributed by atoms with van der Waals surface area (Å²) in [4.78, 5) is 11.7. The lowest BCUT2D eigenvalue weighted by Crippen LogP contribution is -2.29. The van der Waals surface area contributed by atoms with E-state index in [4.69, 9.17) is 0 Å². The average molecular weight is 284 g/mol. The molecule has 0 aliphatic rings. The molecule has 3 heteroatoms. The molecule has 0 saturated heterocycles. The predicted molar refractivity (Wildman–Crippen MR) is 70.3 cm³/mol. The number of hydrogen-bond acceptors (Lipinski definition) is 1. The second-order valence-electron chi connectivity index (χ2n) is 4.09. The Balaban J connectivity index is 2.43. The smallest absolute Gasteiger partial charge is 0.224 e. The minimum Gasteiger partial charge on any atom is -0.356 e. The van der Waals surface area contributed by atoms with E-state index >= 15 is 0 Å². The molecule has 0 aromatic heterocycles. The van der Waals surface area contributed by atoms with Gasteiger partial charge in [-0.2, -0.15) is 0 Å². The van der Waals surface area contributed by atoms with Crippen LogP contribution in [0.4, 0.5) is 0 Å². The fraction of sp³-hybridized carbons (Fsp3) is 0.462. The predicted octanol–water partition coefficient (Wildman–Crippen LogP) is 3.15. The third-order valence-electron chi connectivity index (χ3n) is 2.65. The summed E-state index contributed by atoms with van der Waals surface area (Å²) < 4.78 is 0.994. The third-order valence-corrected chi connectivity index (χ3v) is 3.43. The van der Waals surface area contributed by atoms with Gasteiger partial charge >= 0.3 is 0 Å². The highest BCUT2D eigenvalue weighted by Crippen LogP contribution is 2.16. The maximum Gasteiger partial charge on any atom is 0.224 e. The Labute approximate surface area is 106 Å². The first-order chi connectivity index (χ1) is 7.63. The molecule has 1 atom stereocenters. The van der Waals surface area contributed by atoms with Gasteiger partial charge in [-0.25, -0.2) is 0 Å². The molecular weight excluding hydrogens is 266 g/mol. The summed E-state index contributed by atoms with van der Waals surface area (Å²) in [5.41, 5.74) is 1.03. The molecule has 0 heterocycles. The Bertz CT molecular complexity index is 352. The number of halogens is 1. The largest absolute Gasteiger partial charge is 0.356 e. The van der Waals surface area contributed by atoms with Crippen LogP contribution in [0.1, 0.15) is 25.8 Å². The number of benzene rings is 1. The van der Waals surface area contributed by atoms with Crippen LogP contribution in [0.3, 0.4) is 0 Å². The van der Waals surface area contributed by atoms with Crippen molar-refractivity contribution in [3.8, 4) is 0 Å². The van der Waals surface area contributed by atoms with Gasteiger partial charge < -0.3 is 5.32 Å². The number of amides is 1. The quantitative estimate of drug-likeness (QED) is 0.884. The van der Waals surface area contributed by atoms with E-state index < -0.39 is 0 Å². The van der Waals surface area contributed by atoms with E-state index in [0.29, 0.717) is 12.3 Å². The summed E-state index contributed by atoms with van der Waals surface area (Å²) in [6.07, 6.45) is 1.53. The van der Waals surface area contributed by atoms with Crippen LogP contribution in [-0.4, -0.2) is 12.5 Å². The lowest BCUT2D eigenvalue weighted by molar-refractivity contribution is -0.120. The molecule has 88 valence electrons. The van der Waals surface area contributed by atoms with Gasteiger partial charge in [0, 0.05) is 11.0 Å². The van der Waals surface area contributed by atoms with Crippen molar-refractivity contribution < 1.29 is 4.79 Å². The van der Waals surface area contributed by atoms with E-state index in [1.54, 1.807) is 0 Å². The second kappa shape index (κ2) is 6.69. The van der Waals surface area contributed by atoms with Gasteiger partial charge in [0.1, 0.15) is 0 Å². The lowest BCUT2D eigenvalue weighted by atomic mass is 10.1. The van der Waals surface area contributed by atoms with Crippen LogP contribution in [0.2, 0.25) is 0 Å². The molecule has 1 aromatic rings. The molecule has 1 amide bonds. The van der Waals surface area contributed by atoms with Gasteiger partial charge in [-0.1, -0.05) is 54.4 Å². The zero-order valence-electron chi connectivity index (χ0n) is 9.79. The van der Waals surface area contributed by atoms with E-state index in [1.807, 2.05) is 24.3 Å². The van der Waals surface area contributed by atoms with Crippen molar-refractivity contribution in [2.24, 2.45) is 5.92 Å². The number of carbonyl (C=O) groups excluding carboxylic acids is 1. The first-order valence-electron chi connectivity index (χ1n) is 5.63. The highest BCUT2D eigenvalue weighted by atomic mass is 79.9. The van der Waals surface area contributed by atoms with Crippen LogP contribution in [0, 0.1) is 5.92 Å². The molecule has 2 nitrogen and oxygen atoms in total. The average Bonchev–Trinajstić information content (AvgIpc) is 2.29. The van der Waals surface area contributed by atoms with Gasteiger partial charge in [-0.05, 0) is 17.5 Å². The number of hydrogen-bond donors (Lipinski definition) is 1. The molecule has 0 aliphatic carbocycles. The Morgan fingerprint density at radius 2 is 2.12 bits per heavy atom. The SMILES string of the molecule is CCC(C)CNC(=O)Cc1ccccc1Br. The van der Waals surface area contributed by atoms with Crippen LogP contribution < -0.4 is 5.32 Å².